The molecule has 3 atom stereocenters. The molecule has 0 heterocycles. The molecule has 70 valence electrons. The lowest BCUT2D eigenvalue weighted by atomic mass is 9.95. The zero-order valence-electron chi connectivity index (χ0n) is 7.98. The van der Waals surface area contributed by atoms with Gasteiger partial charge < -0.3 is 5.11 Å². The first kappa shape index (κ1) is 8.76. The molecule has 0 aliphatic heterocycles. The summed E-state index contributed by atoms with van der Waals surface area (Å²) in [4.78, 5) is 0. The second kappa shape index (κ2) is 3.51. The molecule has 0 saturated heterocycles. The zero-order valence-corrected chi connectivity index (χ0v) is 7.98. The lowest BCUT2D eigenvalue weighted by Crippen LogP contribution is -1.99. The van der Waals surface area contributed by atoms with Gasteiger partial charge in [0.2, 0.25) is 0 Å². The van der Waals surface area contributed by atoms with Crippen molar-refractivity contribution in [1.29, 1.82) is 0 Å². The SMILES string of the molecule is CC(c1ccccc1)C1CC1CO. The first-order valence-corrected chi connectivity index (χ1v) is 4.98. The van der Waals surface area contributed by atoms with E-state index in [4.69, 9.17) is 5.11 Å². The van der Waals surface area contributed by atoms with Crippen LogP contribution in [0.2, 0.25) is 0 Å². The van der Waals surface area contributed by atoms with Gasteiger partial charge in [0.25, 0.3) is 0 Å². The van der Waals surface area contributed by atoms with E-state index in [0.717, 1.165) is 0 Å². The highest BCUT2D eigenvalue weighted by Gasteiger charge is 2.40. The van der Waals surface area contributed by atoms with Crippen LogP contribution in [-0.2, 0) is 0 Å². The van der Waals surface area contributed by atoms with Gasteiger partial charge in [0.15, 0.2) is 0 Å². The molecule has 2 rings (SSSR count). The third-order valence-corrected chi connectivity index (χ3v) is 3.18. The molecular weight excluding hydrogens is 160 g/mol. The molecule has 13 heavy (non-hydrogen) atoms. The topological polar surface area (TPSA) is 20.2 Å². The van der Waals surface area contributed by atoms with Gasteiger partial charge in [0, 0.05) is 6.61 Å². The number of rotatable bonds is 3. The van der Waals surface area contributed by atoms with E-state index in [2.05, 4.69) is 31.2 Å². The molecule has 1 heteroatoms. The van der Waals surface area contributed by atoms with Crippen molar-refractivity contribution in [2.75, 3.05) is 6.61 Å². The van der Waals surface area contributed by atoms with Crippen LogP contribution in [0.15, 0.2) is 30.3 Å². The third kappa shape index (κ3) is 1.75. The lowest BCUT2D eigenvalue weighted by molar-refractivity contribution is 0.265. The van der Waals surface area contributed by atoms with Crippen LogP contribution >= 0.6 is 0 Å². The maximum Gasteiger partial charge on any atom is 0.0462 e. The monoisotopic (exact) mass is 176 g/mol. The van der Waals surface area contributed by atoms with Crippen molar-refractivity contribution >= 4 is 0 Å². The Morgan fingerprint density at radius 1 is 1.38 bits per heavy atom. The van der Waals surface area contributed by atoms with Crippen molar-refractivity contribution in [2.24, 2.45) is 11.8 Å². The Balaban J connectivity index is 2.03. The van der Waals surface area contributed by atoms with Crippen LogP contribution in [0.3, 0.4) is 0 Å². The highest BCUT2D eigenvalue weighted by Crippen LogP contribution is 2.47. The molecule has 1 aromatic carbocycles. The van der Waals surface area contributed by atoms with Gasteiger partial charge in [-0.15, -0.1) is 0 Å². The summed E-state index contributed by atoms with van der Waals surface area (Å²) in [5.41, 5.74) is 1.41. The minimum absolute atomic E-state index is 0.363. The lowest BCUT2D eigenvalue weighted by Gasteiger charge is -2.10. The molecule has 1 aromatic rings. The Morgan fingerprint density at radius 2 is 2.08 bits per heavy atom. The van der Waals surface area contributed by atoms with E-state index in [1.807, 2.05) is 6.07 Å². The highest BCUT2D eigenvalue weighted by atomic mass is 16.3. The summed E-state index contributed by atoms with van der Waals surface area (Å²) in [7, 11) is 0. The van der Waals surface area contributed by atoms with Crippen LogP contribution in [0, 0.1) is 11.8 Å². The van der Waals surface area contributed by atoms with Crippen molar-refractivity contribution in [3.05, 3.63) is 35.9 Å². The summed E-state index contributed by atoms with van der Waals surface area (Å²) in [5.74, 6) is 1.89. The minimum atomic E-state index is 0.363. The largest absolute Gasteiger partial charge is 0.396 e. The van der Waals surface area contributed by atoms with Crippen molar-refractivity contribution in [1.82, 2.24) is 0 Å². The van der Waals surface area contributed by atoms with Gasteiger partial charge in [0.05, 0.1) is 0 Å². The smallest absolute Gasteiger partial charge is 0.0462 e. The Bertz CT molecular complexity index is 268. The van der Waals surface area contributed by atoms with E-state index in [-0.39, 0.29) is 0 Å². The van der Waals surface area contributed by atoms with Gasteiger partial charge >= 0.3 is 0 Å². The zero-order chi connectivity index (χ0) is 9.26. The van der Waals surface area contributed by atoms with E-state index in [0.29, 0.717) is 24.4 Å². The van der Waals surface area contributed by atoms with Gasteiger partial charge in [0.1, 0.15) is 0 Å². The minimum Gasteiger partial charge on any atom is -0.396 e. The Kier molecular flexibility index (Phi) is 2.36. The van der Waals surface area contributed by atoms with Crippen LogP contribution in [0.4, 0.5) is 0 Å². The normalized spacial score (nSPS) is 28.5. The number of hydrogen-bond acceptors (Lipinski definition) is 1. The third-order valence-electron chi connectivity index (χ3n) is 3.18. The van der Waals surface area contributed by atoms with E-state index in [1.165, 1.54) is 12.0 Å². The standard InChI is InChI=1S/C12H16O/c1-9(12-7-11(12)8-13)10-5-3-2-4-6-10/h2-6,9,11-13H,7-8H2,1H3. The molecule has 1 nitrogen and oxygen atoms in total. The molecule has 0 aromatic heterocycles. The average molecular weight is 176 g/mol. The molecule has 0 bridgehead atoms. The van der Waals surface area contributed by atoms with E-state index >= 15 is 0 Å². The van der Waals surface area contributed by atoms with Crippen LogP contribution in [-0.4, -0.2) is 11.7 Å². The Morgan fingerprint density at radius 3 is 2.62 bits per heavy atom. The maximum absolute atomic E-state index is 8.97. The maximum atomic E-state index is 8.97. The van der Waals surface area contributed by atoms with E-state index in [1.54, 1.807) is 0 Å². The summed E-state index contributed by atoms with van der Waals surface area (Å²) in [6, 6.07) is 10.6. The van der Waals surface area contributed by atoms with Crippen LogP contribution in [0.5, 0.6) is 0 Å². The van der Waals surface area contributed by atoms with Gasteiger partial charge in [-0.3, -0.25) is 0 Å². The second-order valence-corrected chi connectivity index (χ2v) is 4.04. The first-order chi connectivity index (χ1) is 6.33. The highest BCUT2D eigenvalue weighted by molar-refractivity contribution is 5.21. The molecule has 0 amide bonds. The summed E-state index contributed by atoms with van der Waals surface area (Å²) >= 11 is 0. The molecule has 1 aliphatic rings. The second-order valence-electron chi connectivity index (χ2n) is 4.04. The van der Waals surface area contributed by atoms with Gasteiger partial charge in [-0.1, -0.05) is 37.3 Å². The van der Waals surface area contributed by atoms with Crippen LogP contribution in [0.1, 0.15) is 24.8 Å². The summed E-state index contributed by atoms with van der Waals surface area (Å²) in [5, 5.41) is 8.97. The molecule has 3 unspecified atom stereocenters. The average Bonchev–Trinajstić information content (AvgIpc) is 2.97. The van der Waals surface area contributed by atoms with Crippen LogP contribution < -0.4 is 0 Å². The van der Waals surface area contributed by atoms with Gasteiger partial charge in [-0.2, -0.15) is 0 Å². The number of aliphatic hydroxyl groups excluding tert-OH is 1. The first-order valence-electron chi connectivity index (χ1n) is 4.98. The summed E-state index contributed by atoms with van der Waals surface area (Å²) < 4.78 is 0. The predicted molar refractivity (Wildman–Crippen MR) is 53.5 cm³/mol. The van der Waals surface area contributed by atoms with E-state index in [9.17, 15) is 0 Å². The molecule has 1 N–H and O–H groups in total. The summed E-state index contributed by atoms with van der Waals surface area (Å²) in [6.07, 6.45) is 1.20. The van der Waals surface area contributed by atoms with Crippen LogP contribution in [0.25, 0.3) is 0 Å². The van der Waals surface area contributed by atoms with Gasteiger partial charge in [-0.25, -0.2) is 0 Å². The van der Waals surface area contributed by atoms with Crippen molar-refractivity contribution in [3.8, 4) is 0 Å². The quantitative estimate of drug-likeness (QED) is 0.750. The summed E-state index contributed by atoms with van der Waals surface area (Å²) in [6.45, 7) is 2.62. The van der Waals surface area contributed by atoms with E-state index < -0.39 is 0 Å². The molecule has 0 radical (unpaired) electrons. The van der Waals surface area contributed by atoms with Crippen molar-refractivity contribution in [3.63, 3.8) is 0 Å². The Hall–Kier alpha value is -0.820. The van der Waals surface area contributed by atoms with Gasteiger partial charge in [-0.05, 0) is 29.7 Å². The van der Waals surface area contributed by atoms with Crippen molar-refractivity contribution < 1.29 is 5.11 Å². The fourth-order valence-electron chi connectivity index (χ4n) is 2.10. The van der Waals surface area contributed by atoms with Crippen molar-refractivity contribution in [2.45, 2.75) is 19.3 Å². The molecule has 0 spiro atoms. The number of aliphatic hydroxyl groups is 1. The number of hydrogen-bond donors (Lipinski definition) is 1. The number of benzene rings is 1. The fraction of sp³-hybridized carbons (Fsp3) is 0.500. The molecule has 1 aliphatic carbocycles. The molecule has 1 saturated carbocycles. The fourth-order valence-corrected chi connectivity index (χ4v) is 2.10. The Labute approximate surface area is 79.4 Å². The predicted octanol–water partition coefficient (Wildman–Crippen LogP) is 2.42. The molecule has 1 fully saturated rings. The molecular formula is C12H16O.